The number of nitrogens with one attached hydrogen (secondary N) is 2. The Balaban J connectivity index is 1.86. The third-order valence-electron chi connectivity index (χ3n) is 3.78. The van der Waals surface area contributed by atoms with Gasteiger partial charge in [0.05, 0.1) is 12.6 Å². The minimum Gasteiger partial charge on any atom is -0.491 e. The van der Waals surface area contributed by atoms with E-state index in [1.807, 2.05) is 64.1 Å². The van der Waals surface area contributed by atoms with Crippen molar-refractivity contribution in [3.05, 3.63) is 53.5 Å². The monoisotopic (exact) mass is 359 g/mol. The molecule has 1 heterocycles. The maximum Gasteiger partial charge on any atom is 0.191 e. The van der Waals surface area contributed by atoms with Crippen LogP contribution in [0.5, 0.6) is 5.75 Å². The summed E-state index contributed by atoms with van der Waals surface area (Å²) < 4.78 is 11.3. The first kappa shape index (κ1) is 19.8. The van der Waals surface area contributed by atoms with Crippen molar-refractivity contribution in [1.29, 1.82) is 0 Å². The van der Waals surface area contributed by atoms with Crippen molar-refractivity contribution in [1.82, 2.24) is 10.6 Å². The van der Waals surface area contributed by atoms with E-state index in [0.29, 0.717) is 5.96 Å². The first-order valence-electron chi connectivity index (χ1n) is 8.96. The first-order chi connectivity index (χ1) is 12.5. The van der Waals surface area contributed by atoms with Crippen LogP contribution in [0.3, 0.4) is 0 Å². The maximum atomic E-state index is 10.1. The fraction of sp³-hybridized carbons (Fsp3) is 0.450. The Morgan fingerprint density at radius 1 is 1.27 bits per heavy atom. The Bertz CT molecular complexity index is 712. The molecule has 1 aromatic carbocycles. The van der Waals surface area contributed by atoms with E-state index in [1.54, 1.807) is 0 Å². The number of aliphatic hydroxyl groups excluding tert-OH is 1. The lowest BCUT2D eigenvalue weighted by Crippen LogP contribution is -2.39. The van der Waals surface area contributed by atoms with Crippen LogP contribution in [0.4, 0.5) is 0 Å². The molecule has 0 amide bonds. The summed E-state index contributed by atoms with van der Waals surface area (Å²) in [5, 5.41) is 16.6. The first-order valence-corrected chi connectivity index (χ1v) is 8.96. The number of hydrogen-bond donors (Lipinski definition) is 3. The average molecular weight is 359 g/mol. The van der Waals surface area contributed by atoms with Gasteiger partial charge in [-0.3, -0.25) is 4.99 Å². The predicted molar refractivity (Wildman–Crippen MR) is 104 cm³/mol. The molecule has 0 aliphatic carbocycles. The second-order valence-electron chi connectivity index (χ2n) is 6.32. The van der Waals surface area contributed by atoms with Gasteiger partial charge in [0.25, 0.3) is 0 Å². The highest BCUT2D eigenvalue weighted by atomic mass is 16.5. The van der Waals surface area contributed by atoms with Gasteiger partial charge in [0.2, 0.25) is 0 Å². The van der Waals surface area contributed by atoms with Crippen LogP contribution in [0.2, 0.25) is 0 Å². The Kier molecular flexibility index (Phi) is 7.53. The summed E-state index contributed by atoms with van der Waals surface area (Å²) in [5.41, 5.74) is 1.12. The van der Waals surface area contributed by atoms with Gasteiger partial charge in [-0.2, -0.15) is 0 Å². The summed E-state index contributed by atoms with van der Waals surface area (Å²) in [7, 11) is 0. The Morgan fingerprint density at radius 3 is 2.73 bits per heavy atom. The lowest BCUT2D eigenvalue weighted by Gasteiger charge is -2.17. The van der Waals surface area contributed by atoms with Crippen molar-refractivity contribution in [3.63, 3.8) is 0 Å². The van der Waals surface area contributed by atoms with Crippen molar-refractivity contribution in [3.8, 4) is 5.75 Å². The molecule has 6 nitrogen and oxygen atoms in total. The van der Waals surface area contributed by atoms with Crippen molar-refractivity contribution in [2.24, 2.45) is 4.99 Å². The van der Waals surface area contributed by atoms with E-state index >= 15 is 0 Å². The summed E-state index contributed by atoms with van der Waals surface area (Å²) in [6, 6.07) is 11.6. The van der Waals surface area contributed by atoms with Crippen LogP contribution < -0.4 is 15.4 Å². The van der Waals surface area contributed by atoms with Crippen LogP contribution in [-0.4, -0.2) is 36.9 Å². The molecule has 0 fully saturated rings. The van der Waals surface area contributed by atoms with Crippen LogP contribution in [0.25, 0.3) is 0 Å². The van der Waals surface area contributed by atoms with E-state index in [2.05, 4.69) is 15.6 Å². The van der Waals surface area contributed by atoms with E-state index in [4.69, 9.17) is 9.15 Å². The molecule has 3 N–H and O–H groups in total. The molecular formula is C20H29N3O3. The number of aryl methyl sites for hydroxylation is 2. The second-order valence-corrected chi connectivity index (χ2v) is 6.32. The van der Waals surface area contributed by atoms with Gasteiger partial charge in [-0.25, -0.2) is 0 Å². The van der Waals surface area contributed by atoms with Gasteiger partial charge in [0.1, 0.15) is 30.0 Å². The van der Waals surface area contributed by atoms with E-state index < -0.39 is 6.10 Å². The summed E-state index contributed by atoms with van der Waals surface area (Å²) in [6.07, 6.45) is -0.688. The van der Waals surface area contributed by atoms with Gasteiger partial charge in [-0.05, 0) is 57.5 Å². The number of aliphatic imine (C=N–C) groups is 1. The zero-order valence-corrected chi connectivity index (χ0v) is 16.0. The normalized spacial score (nSPS) is 14.0. The fourth-order valence-electron chi connectivity index (χ4n) is 2.43. The van der Waals surface area contributed by atoms with E-state index in [0.717, 1.165) is 29.4 Å². The van der Waals surface area contributed by atoms with Crippen LogP contribution in [0, 0.1) is 13.8 Å². The minimum atomic E-state index is -0.688. The topological polar surface area (TPSA) is 79.0 Å². The summed E-state index contributed by atoms with van der Waals surface area (Å²) in [6.45, 7) is 9.08. The molecule has 142 valence electrons. The second kappa shape index (κ2) is 9.87. The Morgan fingerprint density at radius 2 is 2.08 bits per heavy atom. The smallest absolute Gasteiger partial charge is 0.191 e. The molecule has 1 aromatic heterocycles. The number of nitrogens with zero attached hydrogens (tertiary/aromatic N) is 1. The summed E-state index contributed by atoms with van der Waals surface area (Å²) >= 11 is 0. The minimum absolute atomic E-state index is 0.0258. The molecule has 0 radical (unpaired) electrons. The van der Waals surface area contributed by atoms with Gasteiger partial charge < -0.3 is 24.9 Å². The number of rotatable bonds is 8. The molecule has 0 saturated carbocycles. The zero-order valence-electron chi connectivity index (χ0n) is 16.0. The molecular weight excluding hydrogens is 330 g/mol. The Labute approximate surface area is 155 Å². The molecule has 2 atom stereocenters. The van der Waals surface area contributed by atoms with Crippen LogP contribution >= 0.6 is 0 Å². The highest BCUT2D eigenvalue weighted by Crippen LogP contribution is 2.15. The SMILES string of the molecule is CCNC(=NCC(O)COc1cccc(C)c1)NC(C)c1ccc(C)o1. The summed E-state index contributed by atoms with van der Waals surface area (Å²) in [5.74, 6) is 3.10. The third kappa shape index (κ3) is 6.44. The van der Waals surface area contributed by atoms with E-state index in [-0.39, 0.29) is 19.2 Å². The third-order valence-corrected chi connectivity index (χ3v) is 3.78. The van der Waals surface area contributed by atoms with Crippen molar-refractivity contribution < 1.29 is 14.3 Å². The van der Waals surface area contributed by atoms with Gasteiger partial charge in [-0.15, -0.1) is 0 Å². The lowest BCUT2D eigenvalue weighted by molar-refractivity contribution is 0.114. The maximum absolute atomic E-state index is 10.1. The largest absolute Gasteiger partial charge is 0.491 e. The number of hydrogen-bond acceptors (Lipinski definition) is 4. The lowest BCUT2D eigenvalue weighted by atomic mass is 10.2. The molecule has 0 bridgehead atoms. The quantitative estimate of drug-likeness (QED) is 0.499. The van der Waals surface area contributed by atoms with Crippen molar-refractivity contribution in [2.45, 2.75) is 39.8 Å². The van der Waals surface area contributed by atoms with E-state index in [9.17, 15) is 5.11 Å². The molecule has 0 aliphatic rings. The van der Waals surface area contributed by atoms with Crippen molar-refractivity contribution >= 4 is 5.96 Å². The molecule has 2 aromatic rings. The van der Waals surface area contributed by atoms with Crippen molar-refractivity contribution in [2.75, 3.05) is 19.7 Å². The molecule has 2 unspecified atom stereocenters. The van der Waals surface area contributed by atoms with Gasteiger partial charge in [0.15, 0.2) is 5.96 Å². The number of benzene rings is 1. The average Bonchev–Trinajstić information content (AvgIpc) is 3.05. The predicted octanol–water partition coefficient (Wildman–Crippen LogP) is 2.95. The molecule has 0 aliphatic heterocycles. The molecule has 0 spiro atoms. The summed E-state index contributed by atoms with van der Waals surface area (Å²) in [4.78, 5) is 4.44. The Hall–Kier alpha value is -2.47. The van der Waals surface area contributed by atoms with Gasteiger partial charge in [-0.1, -0.05) is 12.1 Å². The van der Waals surface area contributed by atoms with Crippen LogP contribution in [-0.2, 0) is 0 Å². The van der Waals surface area contributed by atoms with Gasteiger partial charge in [0, 0.05) is 6.54 Å². The number of aliphatic hydroxyl groups is 1. The molecule has 0 saturated heterocycles. The number of ether oxygens (including phenoxy) is 1. The van der Waals surface area contributed by atoms with Crippen LogP contribution in [0.15, 0.2) is 45.8 Å². The van der Waals surface area contributed by atoms with E-state index in [1.165, 1.54) is 0 Å². The fourth-order valence-corrected chi connectivity index (χ4v) is 2.43. The number of guanidine groups is 1. The molecule has 6 heteroatoms. The highest BCUT2D eigenvalue weighted by molar-refractivity contribution is 5.80. The zero-order chi connectivity index (χ0) is 18.9. The highest BCUT2D eigenvalue weighted by Gasteiger charge is 2.12. The van der Waals surface area contributed by atoms with Gasteiger partial charge >= 0.3 is 0 Å². The standard InChI is InChI=1S/C20H29N3O3/c1-5-21-20(23-16(4)19-10-9-15(3)26-19)22-12-17(24)13-25-18-8-6-7-14(2)11-18/h6-11,16-17,24H,5,12-13H2,1-4H3,(H2,21,22,23). The number of furan rings is 1. The molecule has 26 heavy (non-hydrogen) atoms. The van der Waals surface area contributed by atoms with Crippen LogP contribution in [0.1, 0.15) is 37.0 Å². The molecule has 2 rings (SSSR count).